The molecule has 1 aromatic carbocycles. The number of ether oxygens (including phenoxy) is 3. The van der Waals surface area contributed by atoms with Crippen LogP contribution in [0.2, 0.25) is 0 Å². The zero-order chi connectivity index (χ0) is 23.9. The highest BCUT2D eigenvalue weighted by molar-refractivity contribution is 5.93. The van der Waals surface area contributed by atoms with Gasteiger partial charge >= 0.3 is 18.0 Å². The molecule has 3 N–H and O–H groups in total. The van der Waals surface area contributed by atoms with Gasteiger partial charge in [-0.1, -0.05) is 30.3 Å². The molecule has 1 aliphatic rings. The van der Waals surface area contributed by atoms with Crippen LogP contribution in [0, 0.1) is 0 Å². The highest BCUT2D eigenvalue weighted by Gasteiger charge is 2.50. The second-order valence-corrected chi connectivity index (χ2v) is 8.73. The van der Waals surface area contributed by atoms with E-state index in [2.05, 4.69) is 5.32 Å². The number of nitrogens with zero attached hydrogens (tertiary/aromatic N) is 1. The molecule has 10 nitrogen and oxygen atoms in total. The first-order valence-electron chi connectivity index (χ1n) is 10.3. The molecule has 1 aromatic rings. The molecule has 1 atom stereocenters. The minimum atomic E-state index is -1.36. The number of hydrogen-bond acceptors (Lipinski definition) is 8. The Kier molecular flexibility index (Phi) is 8.20. The maximum atomic E-state index is 12.6. The summed E-state index contributed by atoms with van der Waals surface area (Å²) in [5, 5.41) is 2.52. The Bertz CT molecular complexity index is 830. The van der Waals surface area contributed by atoms with Crippen LogP contribution in [0.5, 0.6) is 0 Å². The summed E-state index contributed by atoms with van der Waals surface area (Å²) in [5.74, 6) is -1.84. The zero-order valence-electron chi connectivity index (χ0n) is 18.9. The van der Waals surface area contributed by atoms with Gasteiger partial charge in [0.05, 0.1) is 20.2 Å². The second kappa shape index (κ2) is 10.4. The first kappa shape index (κ1) is 25.1. The van der Waals surface area contributed by atoms with E-state index in [0.29, 0.717) is 0 Å². The summed E-state index contributed by atoms with van der Waals surface area (Å²) >= 11 is 0. The smallest absolute Gasteiger partial charge is 0.410 e. The fraction of sp³-hybridized carbons (Fsp3) is 0.545. The molecule has 176 valence electrons. The molecule has 1 aliphatic heterocycles. The topological polar surface area (TPSA) is 137 Å². The molecule has 0 radical (unpaired) electrons. The lowest BCUT2D eigenvalue weighted by Gasteiger charge is -2.46. The molecule has 1 fully saturated rings. The summed E-state index contributed by atoms with van der Waals surface area (Å²) in [6.45, 7) is 5.21. The predicted octanol–water partition coefficient (Wildman–Crippen LogP) is 1.12. The number of carbonyl (C=O) groups excluding carboxylic acids is 4. The van der Waals surface area contributed by atoms with Crippen molar-refractivity contribution in [3.63, 3.8) is 0 Å². The van der Waals surface area contributed by atoms with Crippen molar-refractivity contribution in [2.24, 2.45) is 5.73 Å². The van der Waals surface area contributed by atoms with Crippen LogP contribution in [-0.2, 0) is 35.2 Å². The molecule has 2 amide bonds. The van der Waals surface area contributed by atoms with Crippen LogP contribution in [0.3, 0.4) is 0 Å². The SMILES string of the molecule is COC(=O)[C@H](CCC(=O)OCc1ccccc1)NC(=O)C1(N)CN(C(=O)OC(C)(C)C)C1. The first-order chi connectivity index (χ1) is 14.9. The molecule has 0 saturated carbocycles. The maximum absolute atomic E-state index is 12.6. The third-order valence-corrected chi connectivity index (χ3v) is 4.72. The molecule has 0 aromatic heterocycles. The van der Waals surface area contributed by atoms with Gasteiger partial charge in [0.15, 0.2) is 0 Å². The third-order valence-electron chi connectivity index (χ3n) is 4.72. The number of rotatable bonds is 8. The van der Waals surface area contributed by atoms with Gasteiger partial charge in [-0.3, -0.25) is 9.59 Å². The normalized spacial score (nSPS) is 15.7. The van der Waals surface area contributed by atoms with E-state index in [0.717, 1.165) is 5.56 Å². The van der Waals surface area contributed by atoms with Crippen molar-refractivity contribution >= 4 is 23.9 Å². The number of amides is 2. The van der Waals surface area contributed by atoms with Gasteiger partial charge in [-0.15, -0.1) is 0 Å². The van der Waals surface area contributed by atoms with Crippen LogP contribution < -0.4 is 11.1 Å². The lowest BCUT2D eigenvalue weighted by atomic mass is 9.90. The number of nitrogens with one attached hydrogen (secondary N) is 1. The summed E-state index contributed by atoms with van der Waals surface area (Å²) in [4.78, 5) is 50.1. The quantitative estimate of drug-likeness (QED) is 0.445. The van der Waals surface area contributed by atoms with Crippen LogP contribution in [0.4, 0.5) is 4.79 Å². The fourth-order valence-electron chi connectivity index (χ4n) is 3.00. The lowest BCUT2D eigenvalue weighted by Crippen LogP contribution is -2.75. The summed E-state index contributed by atoms with van der Waals surface area (Å²) < 4.78 is 15.2. The number of methoxy groups -OCH3 is 1. The molecular formula is C22H31N3O7. The van der Waals surface area contributed by atoms with Gasteiger partial charge < -0.3 is 30.2 Å². The van der Waals surface area contributed by atoms with Gasteiger partial charge in [0, 0.05) is 6.42 Å². The molecule has 0 unspecified atom stereocenters. The Morgan fingerprint density at radius 1 is 1.16 bits per heavy atom. The molecule has 1 heterocycles. The Morgan fingerprint density at radius 2 is 1.78 bits per heavy atom. The molecule has 0 bridgehead atoms. The van der Waals surface area contributed by atoms with Crippen molar-refractivity contribution in [1.82, 2.24) is 10.2 Å². The summed E-state index contributed by atoms with van der Waals surface area (Å²) in [6.07, 6.45) is -0.691. The van der Waals surface area contributed by atoms with Crippen LogP contribution in [0.25, 0.3) is 0 Å². The third kappa shape index (κ3) is 7.23. The van der Waals surface area contributed by atoms with Gasteiger partial charge in [-0.2, -0.15) is 0 Å². The van der Waals surface area contributed by atoms with Crippen molar-refractivity contribution in [1.29, 1.82) is 0 Å². The van der Waals surface area contributed by atoms with Crippen molar-refractivity contribution in [2.75, 3.05) is 20.2 Å². The van der Waals surface area contributed by atoms with Crippen LogP contribution >= 0.6 is 0 Å². The highest BCUT2D eigenvalue weighted by Crippen LogP contribution is 2.22. The molecule has 10 heteroatoms. The number of carbonyl (C=O) groups is 4. The molecule has 0 aliphatic carbocycles. The van der Waals surface area contributed by atoms with E-state index >= 15 is 0 Å². The Labute approximate surface area is 187 Å². The van der Waals surface area contributed by atoms with Crippen molar-refractivity contribution in [3.8, 4) is 0 Å². The molecule has 0 spiro atoms. The lowest BCUT2D eigenvalue weighted by molar-refractivity contribution is -0.149. The standard InChI is InChI=1S/C22H31N3O7/c1-21(2,3)32-20(29)25-13-22(23,14-25)19(28)24-16(18(27)30-4)10-11-17(26)31-12-15-8-6-5-7-9-15/h5-9,16H,10-14,23H2,1-4H3,(H,24,28)/t16-/m0/s1. The van der Waals surface area contributed by atoms with Crippen molar-refractivity contribution in [3.05, 3.63) is 35.9 Å². The highest BCUT2D eigenvalue weighted by atomic mass is 16.6. The number of nitrogens with two attached hydrogens (primary N) is 1. The van der Waals surface area contributed by atoms with Crippen molar-refractivity contribution < 1.29 is 33.4 Å². The van der Waals surface area contributed by atoms with Gasteiger partial charge in [0.2, 0.25) is 5.91 Å². The number of benzene rings is 1. The van der Waals surface area contributed by atoms with Gasteiger partial charge in [0.1, 0.15) is 23.8 Å². The summed E-state index contributed by atoms with van der Waals surface area (Å²) in [7, 11) is 1.18. The largest absolute Gasteiger partial charge is 0.467 e. The summed E-state index contributed by atoms with van der Waals surface area (Å²) in [5.41, 5.74) is 4.89. The Hall–Kier alpha value is -3.14. The molecular weight excluding hydrogens is 418 g/mol. The molecule has 1 saturated heterocycles. The van der Waals surface area contributed by atoms with E-state index in [9.17, 15) is 19.2 Å². The predicted molar refractivity (Wildman–Crippen MR) is 114 cm³/mol. The van der Waals surface area contributed by atoms with E-state index in [4.69, 9.17) is 19.9 Å². The first-order valence-corrected chi connectivity index (χ1v) is 10.3. The van der Waals surface area contributed by atoms with E-state index in [1.165, 1.54) is 12.0 Å². The van der Waals surface area contributed by atoms with E-state index in [-0.39, 0.29) is 32.5 Å². The minimum Gasteiger partial charge on any atom is -0.467 e. The number of likely N-dealkylation sites (tertiary alicyclic amines) is 1. The van der Waals surface area contributed by atoms with Gasteiger partial charge in [-0.25, -0.2) is 9.59 Å². The monoisotopic (exact) mass is 449 g/mol. The second-order valence-electron chi connectivity index (χ2n) is 8.73. The van der Waals surface area contributed by atoms with Gasteiger partial charge in [-0.05, 0) is 32.8 Å². The maximum Gasteiger partial charge on any atom is 0.410 e. The average Bonchev–Trinajstić information content (AvgIpc) is 2.71. The van der Waals surface area contributed by atoms with E-state index in [1.807, 2.05) is 30.3 Å². The summed E-state index contributed by atoms with van der Waals surface area (Å²) in [6, 6.07) is 8.09. The number of esters is 2. The van der Waals surface area contributed by atoms with Crippen molar-refractivity contribution in [2.45, 2.75) is 57.4 Å². The van der Waals surface area contributed by atoms with Crippen LogP contribution in [-0.4, -0.2) is 66.2 Å². The number of hydrogen-bond donors (Lipinski definition) is 2. The zero-order valence-corrected chi connectivity index (χ0v) is 18.9. The van der Waals surface area contributed by atoms with Crippen LogP contribution in [0.1, 0.15) is 39.2 Å². The van der Waals surface area contributed by atoms with Gasteiger partial charge in [0.25, 0.3) is 0 Å². The Balaban J connectivity index is 1.85. The van der Waals surface area contributed by atoms with E-state index < -0.39 is 41.1 Å². The molecule has 2 rings (SSSR count). The van der Waals surface area contributed by atoms with E-state index in [1.54, 1.807) is 20.8 Å². The minimum absolute atomic E-state index is 0.0160. The van der Waals surface area contributed by atoms with Crippen LogP contribution in [0.15, 0.2) is 30.3 Å². The Morgan fingerprint density at radius 3 is 2.34 bits per heavy atom. The fourth-order valence-corrected chi connectivity index (χ4v) is 3.00. The molecule has 32 heavy (non-hydrogen) atoms. The average molecular weight is 450 g/mol.